The lowest BCUT2D eigenvalue weighted by atomic mass is 10.1. The Hall–Kier alpha value is -3.04. The molecule has 0 amide bonds. The van der Waals surface area contributed by atoms with Crippen molar-refractivity contribution in [3.8, 4) is 11.4 Å². The number of pyridine rings is 1. The summed E-state index contributed by atoms with van der Waals surface area (Å²) < 4.78 is 12.5. The SMILES string of the molecule is CCOC(=O)c1sc2[nH]c(=O)cc(CSc3nccn3-c3cccc(OC)c3)c2c1C. The van der Waals surface area contributed by atoms with Gasteiger partial charge in [0.1, 0.15) is 15.5 Å². The van der Waals surface area contributed by atoms with E-state index in [1.807, 2.05) is 42.0 Å². The predicted octanol–water partition coefficient (Wildman–Crippen LogP) is 4.56. The number of thioether (sulfide) groups is 1. The van der Waals surface area contributed by atoms with Crippen LogP contribution in [-0.4, -0.2) is 34.2 Å². The Kier molecular flexibility index (Phi) is 6.15. The maximum atomic E-state index is 12.3. The molecule has 9 heteroatoms. The highest BCUT2D eigenvalue weighted by atomic mass is 32.2. The smallest absolute Gasteiger partial charge is 0.348 e. The van der Waals surface area contributed by atoms with Crippen molar-refractivity contribution in [1.82, 2.24) is 14.5 Å². The third-order valence-corrected chi connectivity index (χ3v) is 6.97. The van der Waals surface area contributed by atoms with E-state index in [9.17, 15) is 9.59 Å². The molecule has 160 valence electrons. The fourth-order valence-corrected chi connectivity index (χ4v) is 5.46. The van der Waals surface area contributed by atoms with E-state index in [2.05, 4.69) is 9.97 Å². The molecule has 31 heavy (non-hydrogen) atoms. The molecule has 7 nitrogen and oxygen atoms in total. The fourth-order valence-electron chi connectivity index (χ4n) is 3.37. The number of methoxy groups -OCH3 is 1. The summed E-state index contributed by atoms with van der Waals surface area (Å²) in [4.78, 5) is 33.0. The van der Waals surface area contributed by atoms with Crippen molar-refractivity contribution in [2.75, 3.05) is 13.7 Å². The number of carbonyl (C=O) groups excluding carboxylic acids is 1. The first-order valence-electron chi connectivity index (χ1n) is 9.64. The van der Waals surface area contributed by atoms with E-state index in [0.29, 0.717) is 22.1 Å². The number of carbonyl (C=O) groups is 1. The first-order chi connectivity index (χ1) is 15.0. The monoisotopic (exact) mass is 455 g/mol. The van der Waals surface area contributed by atoms with Crippen LogP contribution < -0.4 is 10.3 Å². The predicted molar refractivity (Wildman–Crippen MR) is 123 cm³/mol. The maximum absolute atomic E-state index is 12.3. The van der Waals surface area contributed by atoms with Crippen molar-refractivity contribution < 1.29 is 14.3 Å². The first kappa shape index (κ1) is 21.2. The third kappa shape index (κ3) is 4.24. The molecule has 0 unspecified atom stereocenters. The summed E-state index contributed by atoms with van der Waals surface area (Å²) in [5, 5.41) is 1.68. The van der Waals surface area contributed by atoms with Crippen LogP contribution >= 0.6 is 23.1 Å². The van der Waals surface area contributed by atoms with E-state index in [-0.39, 0.29) is 11.5 Å². The summed E-state index contributed by atoms with van der Waals surface area (Å²) in [6.45, 7) is 3.96. The number of aryl methyl sites for hydroxylation is 1. The highest BCUT2D eigenvalue weighted by Gasteiger charge is 2.20. The van der Waals surface area contributed by atoms with Crippen LogP contribution in [0.3, 0.4) is 0 Å². The van der Waals surface area contributed by atoms with E-state index < -0.39 is 0 Å². The number of nitrogens with one attached hydrogen (secondary N) is 1. The average molecular weight is 456 g/mol. The summed E-state index contributed by atoms with van der Waals surface area (Å²) in [6.07, 6.45) is 3.63. The Morgan fingerprint density at radius 3 is 2.94 bits per heavy atom. The molecule has 3 heterocycles. The van der Waals surface area contributed by atoms with Gasteiger partial charge in [0.25, 0.3) is 0 Å². The van der Waals surface area contributed by atoms with Crippen LogP contribution in [0.1, 0.15) is 27.7 Å². The molecule has 0 atom stereocenters. The molecule has 0 spiro atoms. The van der Waals surface area contributed by atoms with Gasteiger partial charge in [-0.15, -0.1) is 11.3 Å². The summed E-state index contributed by atoms with van der Waals surface area (Å²) in [5.74, 6) is 0.925. The second-order valence-electron chi connectivity index (χ2n) is 6.71. The minimum atomic E-state index is -0.366. The number of aromatic amines is 1. The number of H-pyrrole nitrogens is 1. The van der Waals surface area contributed by atoms with Crippen molar-refractivity contribution in [3.05, 3.63) is 69.1 Å². The zero-order chi connectivity index (χ0) is 22.0. The second-order valence-corrected chi connectivity index (χ2v) is 8.67. The Bertz CT molecular complexity index is 1310. The Labute approximate surface area is 187 Å². The van der Waals surface area contributed by atoms with Crippen LogP contribution in [0, 0.1) is 6.92 Å². The Balaban J connectivity index is 1.67. The van der Waals surface area contributed by atoms with Crippen molar-refractivity contribution >= 4 is 39.3 Å². The van der Waals surface area contributed by atoms with E-state index in [0.717, 1.165) is 33.1 Å². The molecule has 0 aliphatic rings. The number of hydrogen-bond acceptors (Lipinski definition) is 7. The summed E-state index contributed by atoms with van der Waals surface area (Å²) in [5.41, 5.74) is 2.41. The number of nitrogens with zero attached hydrogens (tertiary/aromatic N) is 2. The van der Waals surface area contributed by atoms with Gasteiger partial charge >= 0.3 is 5.97 Å². The van der Waals surface area contributed by atoms with Gasteiger partial charge in [-0.2, -0.15) is 0 Å². The van der Waals surface area contributed by atoms with Gasteiger partial charge in [0.05, 0.1) is 19.4 Å². The zero-order valence-electron chi connectivity index (χ0n) is 17.3. The molecule has 0 aliphatic carbocycles. The molecule has 4 aromatic rings. The van der Waals surface area contributed by atoms with Crippen LogP contribution in [0.5, 0.6) is 5.75 Å². The van der Waals surface area contributed by atoms with E-state index in [1.54, 1.807) is 26.3 Å². The van der Waals surface area contributed by atoms with Crippen molar-refractivity contribution in [1.29, 1.82) is 0 Å². The second kappa shape index (κ2) is 8.99. The lowest BCUT2D eigenvalue weighted by molar-refractivity contribution is 0.0531. The molecule has 0 saturated carbocycles. The van der Waals surface area contributed by atoms with Crippen LogP contribution in [0.25, 0.3) is 15.9 Å². The highest BCUT2D eigenvalue weighted by Crippen LogP contribution is 2.34. The average Bonchev–Trinajstić information content (AvgIpc) is 3.36. The number of rotatable bonds is 7. The Morgan fingerprint density at radius 2 is 2.16 bits per heavy atom. The molecule has 0 fully saturated rings. The quantitative estimate of drug-likeness (QED) is 0.325. The van der Waals surface area contributed by atoms with Crippen molar-refractivity contribution in [2.45, 2.75) is 24.8 Å². The number of esters is 1. The zero-order valence-corrected chi connectivity index (χ0v) is 18.9. The third-order valence-electron chi connectivity index (χ3n) is 4.77. The van der Waals surface area contributed by atoms with Crippen LogP contribution in [0.15, 0.2) is 52.7 Å². The molecule has 0 bridgehead atoms. The topological polar surface area (TPSA) is 86.2 Å². The van der Waals surface area contributed by atoms with Crippen molar-refractivity contribution in [2.24, 2.45) is 0 Å². The van der Waals surface area contributed by atoms with Gasteiger partial charge < -0.3 is 14.5 Å². The molecular formula is C22H21N3O4S2. The van der Waals surface area contributed by atoms with Crippen LogP contribution in [-0.2, 0) is 10.5 Å². The normalized spacial score (nSPS) is 11.1. The number of thiophene rings is 1. The molecule has 1 N–H and O–H groups in total. The van der Waals surface area contributed by atoms with E-state index >= 15 is 0 Å². The van der Waals surface area contributed by atoms with Gasteiger partial charge in [-0.1, -0.05) is 17.8 Å². The fraction of sp³-hybridized carbons (Fsp3) is 0.227. The van der Waals surface area contributed by atoms with E-state index in [4.69, 9.17) is 9.47 Å². The number of fused-ring (bicyclic) bond motifs is 1. The van der Waals surface area contributed by atoms with Gasteiger partial charge in [0, 0.05) is 35.7 Å². The van der Waals surface area contributed by atoms with Crippen molar-refractivity contribution in [3.63, 3.8) is 0 Å². The summed E-state index contributed by atoms with van der Waals surface area (Å²) in [7, 11) is 1.63. The highest BCUT2D eigenvalue weighted by molar-refractivity contribution is 7.98. The lowest BCUT2D eigenvalue weighted by Gasteiger charge is -2.09. The molecule has 0 aliphatic heterocycles. The van der Waals surface area contributed by atoms with Gasteiger partial charge in [0.15, 0.2) is 5.16 Å². The van der Waals surface area contributed by atoms with Gasteiger partial charge in [0.2, 0.25) is 5.56 Å². The molecule has 0 radical (unpaired) electrons. The summed E-state index contributed by atoms with van der Waals surface area (Å²) >= 11 is 2.78. The molecule has 1 aromatic carbocycles. The lowest BCUT2D eigenvalue weighted by Crippen LogP contribution is -2.06. The minimum absolute atomic E-state index is 0.198. The van der Waals surface area contributed by atoms with Crippen LogP contribution in [0.2, 0.25) is 0 Å². The number of imidazole rings is 1. The Morgan fingerprint density at radius 1 is 1.32 bits per heavy atom. The van der Waals surface area contributed by atoms with Gasteiger partial charge in [-0.25, -0.2) is 9.78 Å². The largest absolute Gasteiger partial charge is 0.497 e. The number of benzene rings is 1. The number of hydrogen-bond donors (Lipinski definition) is 1. The minimum Gasteiger partial charge on any atom is -0.497 e. The molecule has 3 aromatic heterocycles. The molecule has 0 saturated heterocycles. The molecule has 4 rings (SSSR count). The van der Waals surface area contributed by atoms with Crippen LogP contribution in [0.4, 0.5) is 0 Å². The van der Waals surface area contributed by atoms with E-state index in [1.165, 1.54) is 23.1 Å². The maximum Gasteiger partial charge on any atom is 0.348 e. The van der Waals surface area contributed by atoms with Gasteiger partial charge in [-0.3, -0.25) is 9.36 Å². The number of aromatic nitrogens is 3. The summed E-state index contributed by atoms with van der Waals surface area (Å²) in [6, 6.07) is 9.32. The molecular weight excluding hydrogens is 434 g/mol. The first-order valence-corrected chi connectivity index (χ1v) is 11.4. The van der Waals surface area contributed by atoms with Gasteiger partial charge in [-0.05, 0) is 37.1 Å². The number of ether oxygens (including phenoxy) is 2. The standard InChI is InChI=1S/C22H21N3O4S2/c1-4-29-21(27)19-13(2)18-14(10-17(26)24-20(18)31-19)12-30-22-23-8-9-25(22)15-6-5-7-16(11-15)28-3/h5-11H,4,12H2,1-3H3,(H,24,26).